The zero-order valence-electron chi connectivity index (χ0n) is 17.2. The van der Waals surface area contributed by atoms with Crippen LogP contribution in [0, 0.1) is 17.8 Å². The summed E-state index contributed by atoms with van der Waals surface area (Å²) < 4.78 is 24.4. The van der Waals surface area contributed by atoms with Gasteiger partial charge in [0.15, 0.2) is 5.76 Å². The highest BCUT2D eigenvalue weighted by molar-refractivity contribution is 5.93. The number of esters is 1. The maximum Gasteiger partial charge on any atom is 0.343 e. The number of piperidine rings is 1. The van der Waals surface area contributed by atoms with Gasteiger partial charge in [0, 0.05) is 18.5 Å². The summed E-state index contributed by atoms with van der Waals surface area (Å²) in [7, 11) is 1.55. The van der Waals surface area contributed by atoms with E-state index in [2.05, 4.69) is 17.9 Å². The molecule has 9 atom stereocenters. The number of hydrogen-bond acceptors (Lipinski definition) is 7. The third-order valence-electron chi connectivity index (χ3n) is 8.12. The Labute approximate surface area is 169 Å². The molecule has 0 saturated carbocycles. The minimum Gasteiger partial charge on any atom is -0.492 e. The molecule has 0 aromatic heterocycles. The second-order valence-electron chi connectivity index (χ2n) is 9.31. The van der Waals surface area contributed by atoms with Gasteiger partial charge in [-0.25, -0.2) is 4.79 Å². The molecule has 5 fully saturated rings. The molecular formula is C22H27NO6. The highest BCUT2D eigenvalue weighted by atomic mass is 16.7. The standard InChI is InChI=1S/C22H27NO6/c1-10(24)5-7-21-14-6-8-23(21)13-9-15(21)28-22(14)16(13)11(2)18(29-22)19-17(26-4)12(3)20(25)27-19/h5,7,10-11,13-16,24H,6,8-9H2,1-4H3/b7-5+,19-18-/t10-,11-,13?,14?,15-,16-,21+,22+/m0/s1. The van der Waals surface area contributed by atoms with Crippen molar-refractivity contribution in [1.82, 2.24) is 4.90 Å². The number of aliphatic hydroxyl groups excluding tert-OH is 1. The van der Waals surface area contributed by atoms with Crippen LogP contribution < -0.4 is 0 Å². The van der Waals surface area contributed by atoms with Crippen LogP contribution in [0.4, 0.5) is 0 Å². The maximum absolute atomic E-state index is 12.2. The Hall–Kier alpha value is -1.83. The first-order valence-corrected chi connectivity index (χ1v) is 10.6. The molecule has 6 aliphatic rings. The first-order chi connectivity index (χ1) is 13.8. The van der Waals surface area contributed by atoms with Crippen LogP contribution in [0.2, 0.25) is 0 Å². The summed E-state index contributed by atoms with van der Waals surface area (Å²) in [6.45, 7) is 6.65. The molecule has 6 aliphatic heterocycles. The summed E-state index contributed by atoms with van der Waals surface area (Å²) >= 11 is 0. The molecule has 156 valence electrons. The molecule has 6 heterocycles. The Morgan fingerprint density at radius 2 is 2.21 bits per heavy atom. The second kappa shape index (κ2) is 5.45. The third kappa shape index (κ3) is 1.84. The van der Waals surface area contributed by atoms with E-state index in [0.29, 0.717) is 28.9 Å². The summed E-state index contributed by atoms with van der Waals surface area (Å²) in [6, 6.07) is 0.354. The van der Waals surface area contributed by atoms with Gasteiger partial charge in [-0.2, -0.15) is 0 Å². The number of carbonyl (C=O) groups excluding carboxylic acids is 1. The maximum atomic E-state index is 12.2. The van der Waals surface area contributed by atoms with E-state index in [0.717, 1.165) is 19.4 Å². The minimum atomic E-state index is -0.701. The Morgan fingerprint density at radius 1 is 1.41 bits per heavy atom. The molecule has 5 bridgehead atoms. The topological polar surface area (TPSA) is 77.5 Å². The van der Waals surface area contributed by atoms with Crippen LogP contribution in [0.25, 0.3) is 0 Å². The van der Waals surface area contributed by atoms with Gasteiger partial charge >= 0.3 is 5.97 Å². The average molecular weight is 401 g/mol. The van der Waals surface area contributed by atoms with Gasteiger partial charge in [-0.05, 0) is 26.7 Å². The number of carbonyl (C=O) groups is 1. The van der Waals surface area contributed by atoms with Crippen molar-refractivity contribution in [3.63, 3.8) is 0 Å². The number of aliphatic hydroxyl groups is 1. The molecule has 5 saturated heterocycles. The normalized spacial score (nSPS) is 52.5. The van der Waals surface area contributed by atoms with Gasteiger partial charge in [-0.15, -0.1) is 0 Å². The van der Waals surface area contributed by atoms with E-state index >= 15 is 0 Å². The molecule has 6 rings (SSSR count). The van der Waals surface area contributed by atoms with E-state index in [4.69, 9.17) is 18.9 Å². The number of cyclic esters (lactones) is 1. The van der Waals surface area contributed by atoms with E-state index in [-0.39, 0.29) is 35.4 Å². The Kier molecular flexibility index (Phi) is 3.38. The molecule has 0 radical (unpaired) electrons. The molecule has 0 amide bonds. The van der Waals surface area contributed by atoms with Crippen molar-refractivity contribution in [2.24, 2.45) is 17.8 Å². The quantitative estimate of drug-likeness (QED) is 0.571. The van der Waals surface area contributed by atoms with Crippen LogP contribution >= 0.6 is 0 Å². The van der Waals surface area contributed by atoms with Gasteiger partial charge in [0.05, 0.1) is 42.3 Å². The number of fused-ring (bicyclic) bond motifs is 1. The van der Waals surface area contributed by atoms with Crippen molar-refractivity contribution >= 4 is 5.97 Å². The van der Waals surface area contributed by atoms with Crippen molar-refractivity contribution in [3.05, 3.63) is 35.0 Å². The highest BCUT2D eigenvalue weighted by Crippen LogP contribution is 2.72. The van der Waals surface area contributed by atoms with Gasteiger partial charge in [0.25, 0.3) is 0 Å². The Morgan fingerprint density at radius 3 is 2.93 bits per heavy atom. The smallest absolute Gasteiger partial charge is 0.343 e. The van der Waals surface area contributed by atoms with Crippen molar-refractivity contribution in [1.29, 1.82) is 0 Å². The van der Waals surface area contributed by atoms with E-state index in [9.17, 15) is 9.90 Å². The molecule has 1 spiro atoms. The van der Waals surface area contributed by atoms with Crippen LogP contribution in [0.5, 0.6) is 0 Å². The van der Waals surface area contributed by atoms with E-state index in [1.54, 1.807) is 21.0 Å². The van der Waals surface area contributed by atoms with E-state index in [1.165, 1.54) is 0 Å². The predicted octanol–water partition coefficient (Wildman–Crippen LogP) is 1.84. The molecule has 0 aromatic carbocycles. The molecular weight excluding hydrogens is 374 g/mol. The largest absolute Gasteiger partial charge is 0.492 e. The predicted molar refractivity (Wildman–Crippen MR) is 101 cm³/mol. The lowest BCUT2D eigenvalue weighted by atomic mass is 9.71. The number of ether oxygens (including phenoxy) is 4. The molecule has 3 unspecified atom stereocenters. The van der Waals surface area contributed by atoms with Crippen molar-refractivity contribution in [2.75, 3.05) is 13.7 Å². The van der Waals surface area contributed by atoms with Gasteiger partial charge in [0.2, 0.25) is 11.5 Å². The van der Waals surface area contributed by atoms with Crippen LogP contribution in [0.3, 0.4) is 0 Å². The lowest BCUT2D eigenvalue weighted by Crippen LogP contribution is -2.60. The average Bonchev–Trinajstić information content (AvgIpc) is 3.38. The number of hydrogen-bond donors (Lipinski definition) is 1. The first kappa shape index (κ1) is 18.0. The molecule has 0 aromatic rings. The van der Waals surface area contributed by atoms with Crippen molar-refractivity contribution < 1.29 is 28.8 Å². The number of allylic oxidation sites excluding steroid dienone is 1. The summed E-state index contributed by atoms with van der Waals surface area (Å²) in [5, 5.41) is 9.87. The van der Waals surface area contributed by atoms with Crippen LogP contribution in [0.15, 0.2) is 35.0 Å². The van der Waals surface area contributed by atoms with Gasteiger partial charge in [0.1, 0.15) is 5.76 Å². The SMILES string of the molecule is COC1=C(C)C(=O)O/C1=C1\O[C@@]23O[C@H]4CC([C@@H]2[C@@H]1C)N1CCC3[C@]41/C=C/[C@H](C)O. The molecule has 1 N–H and O–H groups in total. The van der Waals surface area contributed by atoms with Crippen LogP contribution in [-0.2, 0) is 23.7 Å². The first-order valence-electron chi connectivity index (χ1n) is 10.6. The van der Waals surface area contributed by atoms with Gasteiger partial charge in [-0.3, -0.25) is 4.90 Å². The van der Waals surface area contributed by atoms with Crippen LogP contribution in [-0.4, -0.2) is 59.2 Å². The zero-order valence-corrected chi connectivity index (χ0v) is 17.2. The Bertz CT molecular complexity index is 905. The number of methoxy groups -OCH3 is 1. The number of nitrogens with zero attached hydrogens (tertiary/aromatic N) is 1. The summed E-state index contributed by atoms with van der Waals surface area (Å²) in [5.74, 6) is 0.884. The fourth-order valence-corrected chi connectivity index (χ4v) is 7.21. The second-order valence-corrected chi connectivity index (χ2v) is 9.31. The highest BCUT2D eigenvalue weighted by Gasteiger charge is 2.83. The van der Waals surface area contributed by atoms with Crippen molar-refractivity contribution in [2.45, 2.75) is 63.2 Å². The third-order valence-corrected chi connectivity index (χ3v) is 8.12. The zero-order chi connectivity index (χ0) is 20.3. The van der Waals surface area contributed by atoms with Crippen LogP contribution in [0.1, 0.15) is 33.6 Å². The van der Waals surface area contributed by atoms with Crippen molar-refractivity contribution in [3.8, 4) is 0 Å². The van der Waals surface area contributed by atoms with Gasteiger partial charge < -0.3 is 24.1 Å². The fourth-order valence-electron chi connectivity index (χ4n) is 7.21. The lowest BCUT2D eigenvalue weighted by molar-refractivity contribution is -0.255. The fraction of sp³-hybridized carbons (Fsp3) is 0.682. The monoisotopic (exact) mass is 401 g/mol. The molecule has 7 nitrogen and oxygen atoms in total. The summed E-state index contributed by atoms with van der Waals surface area (Å²) in [5.41, 5.74) is 0.259. The Balaban J connectivity index is 1.47. The lowest BCUT2D eigenvalue weighted by Gasteiger charge is -2.47. The minimum absolute atomic E-state index is 0.0553. The van der Waals surface area contributed by atoms with Gasteiger partial charge in [-0.1, -0.05) is 19.1 Å². The molecule has 0 aliphatic carbocycles. The molecule has 7 heteroatoms. The van der Waals surface area contributed by atoms with E-state index < -0.39 is 11.9 Å². The van der Waals surface area contributed by atoms with E-state index in [1.807, 2.05) is 6.08 Å². The summed E-state index contributed by atoms with van der Waals surface area (Å²) in [4.78, 5) is 14.8. The molecule has 29 heavy (non-hydrogen) atoms. The number of rotatable bonds is 3. The summed E-state index contributed by atoms with van der Waals surface area (Å²) in [6.07, 6.45) is 5.59.